The lowest BCUT2D eigenvalue weighted by molar-refractivity contribution is 0.0921. The highest BCUT2D eigenvalue weighted by Gasteiger charge is 2.29. The minimum Gasteiger partial charge on any atom is -0.360 e. The molecule has 0 bridgehead atoms. The molecule has 0 spiro atoms. The van der Waals surface area contributed by atoms with Crippen LogP contribution >= 0.6 is 0 Å². The predicted molar refractivity (Wildman–Crippen MR) is 60.2 cm³/mol. The normalized spacial score (nSPS) is 17.5. The van der Waals surface area contributed by atoms with Crippen molar-refractivity contribution in [3.05, 3.63) is 17.5 Å². The smallest absolute Gasteiger partial charge is 0.273 e. The maximum absolute atomic E-state index is 11.8. The van der Waals surface area contributed by atoms with Gasteiger partial charge in [-0.05, 0) is 25.7 Å². The van der Waals surface area contributed by atoms with Gasteiger partial charge in [0.2, 0.25) is 0 Å². The molecule has 1 aromatic rings. The summed E-state index contributed by atoms with van der Waals surface area (Å²) in [5, 5.41) is 6.71. The van der Waals surface area contributed by atoms with E-state index >= 15 is 0 Å². The van der Waals surface area contributed by atoms with Crippen LogP contribution in [0.1, 0.15) is 55.8 Å². The Hall–Kier alpha value is -1.32. The van der Waals surface area contributed by atoms with E-state index in [0.717, 1.165) is 18.6 Å². The summed E-state index contributed by atoms with van der Waals surface area (Å²) in [5.74, 6) is 1.62. The first kappa shape index (κ1) is 11.2. The number of hydrogen-bond donors (Lipinski definition) is 1. The van der Waals surface area contributed by atoms with E-state index in [0.29, 0.717) is 17.5 Å². The van der Waals surface area contributed by atoms with Crippen molar-refractivity contribution in [2.24, 2.45) is 5.92 Å². The summed E-state index contributed by atoms with van der Waals surface area (Å²) in [6.07, 6.45) is 2.30. The van der Waals surface area contributed by atoms with E-state index in [9.17, 15) is 4.79 Å². The van der Waals surface area contributed by atoms with E-state index in [4.69, 9.17) is 4.52 Å². The number of nitrogens with one attached hydrogen (secondary N) is 1. The molecular weight excluding hydrogens is 204 g/mol. The third kappa shape index (κ3) is 2.43. The average Bonchev–Trinajstić information content (AvgIpc) is 2.96. The van der Waals surface area contributed by atoms with Crippen molar-refractivity contribution in [2.45, 2.75) is 45.6 Å². The number of amides is 1. The Bertz CT molecular complexity index is 380. The SMILES string of the molecule is CC(C)C(C)NC(=O)c1cc(C2CC2)on1. The van der Waals surface area contributed by atoms with Crippen LogP contribution in [0.3, 0.4) is 0 Å². The Kier molecular flexibility index (Phi) is 2.99. The largest absolute Gasteiger partial charge is 0.360 e. The van der Waals surface area contributed by atoms with Gasteiger partial charge in [0.15, 0.2) is 5.69 Å². The monoisotopic (exact) mass is 222 g/mol. The Morgan fingerprint density at radius 1 is 1.50 bits per heavy atom. The second-order valence-corrected chi connectivity index (χ2v) is 4.89. The van der Waals surface area contributed by atoms with Gasteiger partial charge in [0.05, 0.1) is 0 Å². The summed E-state index contributed by atoms with van der Waals surface area (Å²) < 4.78 is 5.14. The lowest BCUT2D eigenvalue weighted by Crippen LogP contribution is -2.36. The molecule has 4 nitrogen and oxygen atoms in total. The van der Waals surface area contributed by atoms with Crippen LogP contribution in [0.2, 0.25) is 0 Å². The zero-order chi connectivity index (χ0) is 11.7. The second kappa shape index (κ2) is 4.28. The minimum absolute atomic E-state index is 0.142. The molecule has 0 aromatic carbocycles. The highest BCUT2D eigenvalue weighted by Crippen LogP contribution is 2.40. The molecular formula is C12H18N2O2. The molecule has 1 amide bonds. The molecule has 4 heteroatoms. The molecule has 0 aliphatic heterocycles. The Balaban J connectivity index is 1.97. The first-order valence-corrected chi connectivity index (χ1v) is 5.85. The van der Waals surface area contributed by atoms with E-state index in [2.05, 4.69) is 24.3 Å². The van der Waals surface area contributed by atoms with Crippen LogP contribution in [0.5, 0.6) is 0 Å². The van der Waals surface area contributed by atoms with Gasteiger partial charge < -0.3 is 9.84 Å². The lowest BCUT2D eigenvalue weighted by Gasteiger charge is -2.16. The second-order valence-electron chi connectivity index (χ2n) is 4.89. The highest BCUT2D eigenvalue weighted by molar-refractivity contribution is 5.92. The topological polar surface area (TPSA) is 55.1 Å². The van der Waals surface area contributed by atoms with Gasteiger partial charge in [-0.2, -0.15) is 0 Å². The number of nitrogens with zero attached hydrogens (tertiary/aromatic N) is 1. The van der Waals surface area contributed by atoms with Crippen molar-refractivity contribution >= 4 is 5.91 Å². The van der Waals surface area contributed by atoms with Gasteiger partial charge in [0.1, 0.15) is 5.76 Å². The molecule has 0 saturated heterocycles. The highest BCUT2D eigenvalue weighted by atomic mass is 16.5. The maximum atomic E-state index is 11.8. The van der Waals surface area contributed by atoms with Crippen LogP contribution in [0.4, 0.5) is 0 Å². The molecule has 1 aromatic heterocycles. The van der Waals surface area contributed by atoms with E-state index in [1.54, 1.807) is 6.07 Å². The molecule has 2 rings (SSSR count). The molecule has 1 unspecified atom stereocenters. The number of carbonyl (C=O) groups is 1. The molecule has 0 radical (unpaired) electrons. The summed E-state index contributed by atoms with van der Waals surface area (Å²) in [6.45, 7) is 6.14. The molecule has 1 heterocycles. The van der Waals surface area contributed by atoms with Gasteiger partial charge in [-0.25, -0.2) is 0 Å². The minimum atomic E-state index is -0.142. The van der Waals surface area contributed by atoms with E-state index in [1.807, 2.05) is 6.92 Å². The zero-order valence-electron chi connectivity index (χ0n) is 9.99. The Morgan fingerprint density at radius 2 is 2.19 bits per heavy atom. The van der Waals surface area contributed by atoms with Crippen LogP contribution in [-0.2, 0) is 0 Å². The van der Waals surface area contributed by atoms with Crippen molar-refractivity contribution in [3.8, 4) is 0 Å². The molecule has 1 saturated carbocycles. The molecule has 1 N–H and O–H groups in total. The van der Waals surface area contributed by atoms with Gasteiger partial charge >= 0.3 is 0 Å². The molecule has 16 heavy (non-hydrogen) atoms. The van der Waals surface area contributed by atoms with Crippen molar-refractivity contribution in [2.75, 3.05) is 0 Å². The molecule has 1 aliphatic rings. The summed E-state index contributed by atoms with van der Waals surface area (Å²) >= 11 is 0. The number of aromatic nitrogens is 1. The van der Waals surface area contributed by atoms with Gasteiger partial charge in [-0.15, -0.1) is 0 Å². The van der Waals surface area contributed by atoms with Crippen molar-refractivity contribution in [1.29, 1.82) is 0 Å². The third-order valence-electron chi connectivity index (χ3n) is 3.10. The van der Waals surface area contributed by atoms with Crippen molar-refractivity contribution in [3.63, 3.8) is 0 Å². The number of carbonyl (C=O) groups excluding carboxylic acids is 1. The third-order valence-corrected chi connectivity index (χ3v) is 3.10. The fourth-order valence-corrected chi connectivity index (χ4v) is 1.40. The fourth-order valence-electron chi connectivity index (χ4n) is 1.40. The predicted octanol–water partition coefficient (Wildman–Crippen LogP) is 2.33. The van der Waals surface area contributed by atoms with Gasteiger partial charge in [-0.1, -0.05) is 19.0 Å². The van der Waals surface area contributed by atoms with Gasteiger partial charge in [-0.3, -0.25) is 4.79 Å². The summed E-state index contributed by atoms with van der Waals surface area (Å²) in [7, 11) is 0. The molecule has 1 fully saturated rings. The molecule has 1 atom stereocenters. The van der Waals surface area contributed by atoms with Crippen LogP contribution in [0.15, 0.2) is 10.6 Å². The van der Waals surface area contributed by atoms with E-state index in [-0.39, 0.29) is 11.9 Å². The van der Waals surface area contributed by atoms with Crippen LogP contribution in [0.25, 0.3) is 0 Å². The van der Waals surface area contributed by atoms with Crippen LogP contribution < -0.4 is 5.32 Å². The van der Waals surface area contributed by atoms with E-state index in [1.165, 1.54) is 0 Å². The fraction of sp³-hybridized carbons (Fsp3) is 0.667. The summed E-state index contributed by atoms with van der Waals surface area (Å²) in [4.78, 5) is 11.8. The first-order chi connectivity index (χ1) is 7.58. The van der Waals surface area contributed by atoms with Gasteiger partial charge in [0.25, 0.3) is 5.91 Å². The number of hydrogen-bond acceptors (Lipinski definition) is 3. The van der Waals surface area contributed by atoms with Gasteiger partial charge in [0, 0.05) is 18.0 Å². The zero-order valence-corrected chi connectivity index (χ0v) is 9.99. The maximum Gasteiger partial charge on any atom is 0.273 e. The van der Waals surface area contributed by atoms with Crippen molar-refractivity contribution in [1.82, 2.24) is 10.5 Å². The summed E-state index contributed by atoms with van der Waals surface area (Å²) in [5.41, 5.74) is 0.398. The quantitative estimate of drug-likeness (QED) is 0.850. The van der Waals surface area contributed by atoms with Crippen LogP contribution in [0, 0.1) is 5.92 Å². The Morgan fingerprint density at radius 3 is 2.75 bits per heavy atom. The Labute approximate surface area is 95.4 Å². The average molecular weight is 222 g/mol. The standard InChI is InChI=1S/C12H18N2O2/c1-7(2)8(3)13-12(15)10-6-11(16-14-10)9-4-5-9/h6-9H,4-5H2,1-3H3,(H,13,15). The van der Waals surface area contributed by atoms with E-state index < -0.39 is 0 Å². The molecule has 1 aliphatic carbocycles. The van der Waals surface area contributed by atoms with Crippen molar-refractivity contribution < 1.29 is 9.32 Å². The number of rotatable bonds is 4. The lowest BCUT2D eigenvalue weighted by atomic mass is 10.1. The first-order valence-electron chi connectivity index (χ1n) is 5.85. The summed E-state index contributed by atoms with van der Waals surface area (Å²) in [6, 6.07) is 1.91. The van der Waals surface area contributed by atoms with Crippen LogP contribution in [-0.4, -0.2) is 17.1 Å². The molecule has 88 valence electrons.